The Morgan fingerprint density at radius 1 is 0.767 bits per heavy atom. The first-order valence-electron chi connectivity index (χ1n) is 27.8. The third kappa shape index (κ3) is 13.9. The summed E-state index contributed by atoms with van der Waals surface area (Å²) in [6.45, 7) is 22.2. The van der Waals surface area contributed by atoms with Crippen LogP contribution in [0.2, 0.25) is 0 Å². The maximum absolute atomic E-state index is 13.7. The van der Waals surface area contributed by atoms with E-state index in [-0.39, 0.29) is 37.5 Å². The number of allylic oxidation sites excluding steroid dienone is 1. The zero-order chi connectivity index (χ0) is 52.8. The minimum Gasteiger partial charge on any atom is -0.497 e. The first-order valence-corrected chi connectivity index (χ1v) is 27.8. The fourth-order valence-electron chi connectivity index (χ4n) is 13.7. The van der Waals surface area contributed by atoms with Gasteiger partial charge in [0, 0.05) is 6.42 Å². The molecule has 4 aliphatic rings. The SMILES string of the molecule is CCN(CC)CC.COc1ccc(C(OCC(CNC(=O)O[C@H]2CC[C@@]3(C)C(=CC[C@H]4[C@@H]5CC[C@H]([C@H](C)CCCC(C)C)[C@@]5(C)CC[C@@H]43)C2)OC(=O)CCC(=O)O)(c2ccccc2)c2ccc(OC)cc2)cc1. The van der Waals surface area contributed by atoms with Crippen LogP contribution in [0.15, 0.2) is 90.5 Å². The Hall–Kier alpha value is -4.87. The summed E-state index contributed by atoms with van der Waals surface area (Å²) in [5.74, 6) is 4.08. The molecule has 0 heterocycles. The van der Waals surface area contributed by atoms with Crippen molar-refractivity contribution in [1.29, 1.82) is 0 Å². The average molecular weight is 1010 g/mol. The van der Waals surface area contributed by atoms with Gasteiger partial charge in [0.1, 0.15) is 29.3 Å². The number of hydrogen-bond donors (Lipinski definition) is 2. The number of esters is 1. The number of aliphatic carboxylic acids is 1. The van der Waals surface area contributed by atoms with Crippen LogP contribution < -0.4 is 14.8 Å². The van der Waals surface area contributed by atoms with E-state index < -0.39 is 29.7 Å². The van der Waals surface area contributed by atoms with Crippen molar-refractivity contribution in [3.8, 4) is 11.5 Å². The monoisotopic (exact) mass is 1010 g/mol. The molecule has 0 bridgehead atoms. The molecule has 1 unspecified atom stereocenters. The Morgan fingerprint density at radius 2 is 1.38 bits per heavy atom. The van der Waals surface area contributed by atoms with Gasteiger partial charge in [-0.1, -0.05) is 141 Å². The topological polar surface area (TPSA) is 133 Å². The van der Waals surface area contributed by atoms with Crippen LogP contribution in [0.3, 0.4) is 0 Å². The normalized spacial score (nSPS) is 25.2. The summed E-state index contributed by atoms with van der Waals surface area (Å²) in [5.41, 5.74) is 3.16. The van der Waals surface area contributed by atoms with Crippen molar-refractivity contribution in [2.75, 3.05) is 47.0 Å². The van der Waals surface area contributed by atoms with E-state index in [0.29, 0.717) is 22.8 Å². The molecule has 3 aromatic rings. The largest absolute Gasteiger partial charge is 0.497 e. The lowest BCUT2D eigenvalue weighted by Crippen LogP contribution is -2.51. The van der Waals surface area contributed by atoms with Crippen molar-refractivity contribution in [3.63, 3.8) is 0 Å². The van der Waals surface area contributed by atoms with E-state index in [2.05, 4.69) is 71.7 Å². The fourth-order valence-corrected chi connectivity index (χ4v) is 13.7. The molecule has 11 nitrogen and oxygen atoms in total. The van der Waals surface area contributed by atoms with Gasteiger partial charge in [0.05, 0.1) is 40.2 Å². The molecule has 3 fully saturated rings. The summed E-state index contributed by atoms with van der Waals surface area (Å²) >= 11 is 0. The number of hydrogen-bond acceptors (Lipinski definition) is 9. The number of carboxylic acids is 1. The maximum atomic E-state index is 13.7. The molecular formula is C62H90N2O9. The zero-order valence-corrected chi connectivity index (χ0v) is 46.1. The van der Waals surface area contributed by atoms with Crippen LogP contribution in [0.1, 0.15) is 156 Å². The molecule has 0 spiro atoms. The summed E-state index contributed by atoms with van der Waals surface area (Å²) in [6.07, 6.45) is 13.0. The van der Waals surface area contributed by atoms with Gasteiger partial charge in [-0.05, 0) is 152 Å². The number of amides is 1. The van der Waals surface area contributed by atoms with E-state index >= 15 is 0 Å². The third-order valence-corrected chi connectivity index (χ3v) is 17.8. The molecule has 0 radical (unpaired) electrons. The Labute approximate surface area is 438 Å². The van der Waals surface area contributed by atoms with E-state index in [1.54, 1.807) is 14.2 Å². The van der Waals surface area contributed by atoms with E-state index in [1.165, 1.54) is 70.2 Å². The Bertz CT molecular complexity index is 2170. The van der Waals surface area contributed by atoms with Crippen LogP contribution in [-0.4, -0.2) is 87.3 Å². The lowest BCUT2D eigenvalue weighted by molar-refractivity contribution is -0.156. The highest BCUT2D eigenvalue weighted by Gasteiger charge is 2.59. The standard InChI is InChI=1S/C56H75NO9.C6H15N/c1-37(2)12-11-13-38(3)48-26-27-49-47-25-20-42-34-45(30-32-54(42,4)50(47)31-33-55(48,49)5)66-53(61)57-35-46(65-52(60)29-28-51(58)59)36-64-56(39-14-9-8-10-15-39,40-16-21-43(62-6)22-17-40)41-18-23-44(63-7)24-19-41;1-4-7(5-2)6-3/h8-10,14-24,37-38,45-50H,11-13,25-36H2,1-7H3,(H,57,61)(H,58,59);4-6H2,1-3H3/t38-,45+,46?,47+,48-,49+,50+,54+,55-;/m1./s1. The van der Waals surface area contributed by atoms with E-state index in [9.17, 15) is 19.5 Å². The minimum absolute atomic E-state index is 0.109. The highest BCUT2D eigenvalue weighted by Crippen LogP contribution is 2.67. The molecule has 0 aliphatic heterocycles. The average Bonchev–Trinajstić information content (AvgIpc) is 3.76. The smallest absolute Gasteiger partial charge is 0.407 e. The number of nitrogens with zero attached hydrogens (tertiary/aromatic N) is 1. The van der Waals surface area contributed by atoms with Crippen molar-refractivity contribution in [2.24, 2.45) is 46.3 Å². The Kier molecular flexibility index (Phi) is 20.9. The summed E-state index contributed by atoms with van der Waals surface area (Å²) in [5, 5.41) is 12.2. The summed E-state index contributed by atoms with van der Waals surface area (Å²) in [7, 11) is 3.22. The molecule has 4 aliphatic carbocycles. The molecule has 9 atom stereocenters. The molecular weight excluding hydrogens is 917 g/mol. The van der Waals surface area contributed by atoms with Gasteiger partial charge < -0.3 is 39.0 Å². The highest BCUT2D eigenvalue weighted by atomic mass is 16.6. The zero-order valence-electron chi connectivity index (χ0n) is 46.1. The van der Waals surface area contributed by atoms with Gasteiger partial charge in [0.15, 0.2) is 0 Å². The number of alkyl carbamates (subject to hydrolysis) is 1. The van der Waals surface area contributed by atoms with Crippen molar-refractivity contribution < 1.29 is 43.2 Å². The second-order valence-electron chi connectivity index (χ2n) is 22.4. The molecule has 7 rings (SSSR count). The number of carbonyl (C=O) groups is 3. The van der Waals surface area contributed by atoms with Crippen LogP contribution in [-0.2, 0) is 29.4 Å². The molecule has 3 aromatic carbocycles. The maximum Gasteiger partial charge on any atom is 0.407 e. The predicted molar refractivity (Wildman–Crippen MR) is 290 cm³/mol. The highest BCUT2D eigenvalue weighted by molar-refractivity contribution is 5.76. The quantitative estimate of drug-likeness (QED) is 0.0537. The first kappa shape index (κ1) is 57.4. The molecule has 1 amide bonds. The molecule has 0 aromatic heterocycles. The number of fused-ring (bicyclic) bond motifs is 5. The summed E-state index contributed by atoms with van der Waals surface area (Å²) in [6, 6.07) is 24.9. The Balaban J connectivity index is 0.00000116. The van der Waals surface area contributed by atoms with E-state index in [0.717, 1.165) is 72.0 Å². The first-order chi connectivity index (χ1) is 35.0. The van der Waals surface area contributed by atoms with Crippen LogP contribution >= 0.6 is 0 Å². The molecule has 3 saturated carbocycles. The van der Waals surface area contributed by atoms with Crippen LogP contribution in [0.4, 0.5) is 4.79 Å². The lowest BCUT2D eigenvalue weighted by atomic mass is 9.47. The molecule has 402 valence electrons. The van der Waals surface area contributed by atoms with Gasteiger partial charge in [0.25, 0.3) is 0 Å². The molecule has 0 saturated heterocycles. The predicted octanol–water partition coefficient (Wildman–Crippen LogP) is 13.3. The van der Waals surface area contributed by atoms with Gasteiger partial charge >= 0.3 is 18.0 Å². The summed E-state index contributed by atoms with van der Waals surface area (Å²) in [4.78, 5) is 40.6. The number of carbonyl (C=O) groups excluding carboxylic acids is 2. The van der Waals surface area contributed by atoms with Gasteiger partial charge in [-0.15, -0.1) is 0 Å². The molecule has 2 N–H and O–H groups in total. The number of nitrogens with one attached hydrogen (secondary N) is 1. The number of carboxylic acid groups (broad SMARTS) is 1. The second kappa shape index (κ2) is 26.6. The van der Waals surface area contributed by atoms with Crippen LogP contribution in [0.5, 0.6) is 11.5 Å². The van der Waals surface area contributed by atoms with E-state index in [1.807, 2.05) is 78.9 Å². The van der Waals surface area contributed by atoms with Crippen molar-refractivity contribution in [1.82, 2.24) is 10.2 Å². The van der Waals surface area contributed by atoms with Gasteiger partial charge in [-0.25, -0.2) is 4.79 Å². The number of ether oxygens (including phenoxy) is 5. The fraction of sp³-hybridized carbons (Fsp3) is 0.629. The lowest BCUT2D eigenvalue weighted by Gasteiger charge is -2.58. The molecule has 11 heteroatoms. The number of benzene rings is 3. The molecule has 73 heavy (non-hydrogen) atoms. The number of rotatable bonds is 23. The van der Waals surface area contributed by atoms with Gasteiger partial charge in [-0.2, -0.15) is 0 Å². The van der Waals surface area contributed by atoms with E-state index in [4.69, 9.17) is 23.7 Å². The van der Waals surface area contributed by atoms with Crippen molar-refractivity contribution >= 4 is 18.0 Å². The van der Waals surface area contributed by atoms with Crippen LogP contribution in [0, 0.1) is 46.3 Å². The van der Waals surface area contributed by atoms with Gasteiger partial charge in [0.2, 0.25) is 0 Å². The second-order valence-corrected chi connectivity index (χ2v) is 22.4. The van der Waals surface area contributed by atoms with Gasteiger partial charge in [-0.3, -0.25) is 9.59 Å². The van der Waals surface area contributed by atoms with Crippen LogP contribution in [0.25, 0.3) is 0 Å². The van der Waals surface area contributed by atoms with Crippen molar-refractivity contribution in [2.45, 2.75) is 157 Å². The third-order valence-electron chi connectivity index (χ3n) is 17.8. The van der Waals surface area contributed by atoms with Crippen molar-refractivity contribution in [3.05, 3.63) is 107 Å². The minimum atomic E-state index is -1.21. The number of methoxy groups -OCH3 is 2. The Morgan fingerprint density at radius 3 is 1.95 bits per heavy atom. The summed E-state index contributed by atoms with van der Waals surface area (Å²) < 4.78 is 30.0.